The molecule has 0 spiro atoms. The number of allylic oxidation sites excluding steroid dienone is 1. The summed E-state index contributed by atoms with van der Waals surface area (Å²) < 4.78 is 0. The van der Waals surface area contributed by atoms with Crippen molar-refractivity contribution in [2.24, 2.45) is 0 Å². The smallest absolute Gasteiger partial charge is 0.00344 e. The topological polar surface area (TPSA) is 0 Å². The first-order chi connectivity index (χ1) is 4.43. The van der Waals surface area contributed by atoms with Gasteiger partial charge < -0.3 is 0 Å². The Morgan fingerprint density at radius 2 is 1.56 bits per heavy atom. The average molecular weight is 145 g/mol. The second-order valence-electron chi connectivity index (χ2n) is 2.68. The molecule has 0 amide bonds. The zero-order valence-electron chi connectivity index (χ0n) is 5.70. The van der Waals surface area contributed by atoms with E-state index in [2.05, 4.69) is 0 Å². The largest absolute Gasteiger partial charge is 0.0930 e. The molecule has 0 N–H and O–H groups in total. The van der Waals surface area contributed by atoms with E-state index in [9.17, 15) is 0 Å². The molecule has 0 nitrogen and oxygen atoms in total. The van der Waals surface area contributed by atoms with Crippen LogP contribution in [0.2, 0.25) is 0 Å². The van der Waals surface area contributed by atoms with Crippen LogP contribution in [-0.4, -0.2) is 0 Å². The second kappa shape index (κ2) is 3.94. The molecule has 1 heteroatoms. The van der Waals surface area contributed by atoms with Gasteiger partial charge in [0, 0.05) is 5.54 Å². The first kappa shape index (κ1) is 7.14. The molecule has 0 aliphatic heterocycles. The third-order valence-electron chi connectivity index (χ3n) is 1.90. The quantitative estimate of drug-likeness (QED) is 0.457. The van der Waals surface area contributed by atoms with Crippen molar-refractivity contribution in [3.05, 3.63) is 11.1 Å². The van der Waals surface area contributed by atoms with Gasteiger partial charge >= 0.3 is 0 Å². The SMILES string of the molecule is ClC=C1CCCCCC1. The van der Waals surface area contributed by atoms with Gasteiger partial charge in [-0.15, -0.1) is 0 Å². The van der Waals surface area contributed by atoms with Gasteiger partial charge in [0.2, 0.25) is 0 Å². The normalized spacial score (nSPS) is 21.2. The lowest BCUT2D eigenvalue weighted by Gasteiger charge is -1.96. The van der Waals surface area contributed by atoms with Crippen molar-refractivity contribution < 1.29 is 0 Å². The van der Waals surface area contributed by atoms with E-state index in [1.165, 1.54) is 44.1 Å². The Labute approximate surface area is 61.9 Å². The van der Waals surface area contributed by atoms with Gasteiger partial charge in [0.1, 0.15) is 0 Å². The Bertz CT molecular complexity index is 95.1. The van der Waals surface area contributed by atoms with Gasteiger partial charge in [-0.25, -0.2) is 0 Å². The fraction of sp³-hybridized carbons (Fsp3) is 0.750. The Balaban J connectivity index is 2.36. The summed E-state index contributed by atoms with van der Waals surface area (Å²) in [6, 6.07) is 0. The fourth-order valence-electron chi connectivity index (χ4n) is 1.29. The zero-order chi connectivity index (χ0) is 6.53. The van der Waals surface area contributed by atoms with Crippen molar-refractivity contribution in [2.75, 3.05) is 0 Å². The predicted molar refractivity (Wildman–Crippen MR) is 41.6 cm³/mol. The van der Waals surface area contributed by atoms with E-state index in [0.717, 1.165) is 0 Å². The molecule has 1 aliphatic rings. The molecule has 0 atom stereocenters. The van der Waals surface area contributed by atoms with Gasteiger partial charge in [0.15, 0.2) is 0 Å². The second-order valence-corrected chi connectivity index (χ2v) is 2.90. The summed E-state index contributed by atoms with van der Waals surface area (Å²) in [7, 11) is 0. The Kier molecular flexibility index (Phi) is 3.13. The molecule has 1 fully saturated rings. The van der Waals surface area contributed by atoms with E-state index in [-0.39, 0.29) is 0 Å². The maximum atomic E-state index is 5.59. The first-order valence-electron chi connectivity index (χ1n) is 3.71. The predicted octanol–water partition coefficient (Wildman–Crippen LogP) is 3.46. The minimum absolute atomic E-state index is 1.24. The lowest BCUT2D eigenvalue weighted by atomic mass is 10.1. The van der Waals surface area contributed by atoms with Crippen molar-refractivity contribution in [2.45, 2.75) is 38.5 Å². The van der Waals surface area contributed by atoms with E-state index in [1.807, 2.05) is 0 Å². The molecule has 0 unspecified atom stereocenters. The molecule has 0 aromatic carbocycles. The maximum Gasteiger partial charge on any atom is 0.00344 e. The fourth-order valence-corrected chi connectivity index (χ4v) is 1.51. The highest BCUT2D eigenvalue weighted by Crippen LogP contribution is 2.22. The molecule has 0 bridgehead atoms. The molecule has 1 saturated carbocycles. The molecule has 0 aromatic heterocycles. The van der Waals surface area contributed by atoms with Crippen LogP contribution < -0.4 is 0 Å². The third-order valence-corrected chi connectivity index (χ3v) is 2.21. The molecule has 1 aliphatic carbocycles. The minimum Gasteiger partial charge on any atom is -0.0930 e. The first-order valence-corrected chi connectivity index (χ1v) is 4.15. The van der Waals surface area contributed by atoms with Crippen LogP contribution in [0.5, 0.6) is 0 Å². The molecular formula is C8H13Cl. The van der Waals surface area contributed by atoms with Crippen LogP contribution in [0.4, 0.5) is 0 Å². The van der Waals surface area contributed by atoms with Gasteiger partial charge in [-0.05, 0) is 25.7 Å². The van der Waals surface area contributed by atoms with Crippen LogP contribution in [0.1, 0.15) is 38.5 Å². The standard InChI is InChI=1S/C8H13Cl/c9-7-8-5-3-1-2-4-6-8/h7H,1-6H2. The maximum absolute atomic E-state index is 5.59. The summed E-state index contributed by atoms with van der Waals surface area (Å²) in [5, 5.41) is 0. The molecule has 1 rings (SSSR count). The Hall–Kier alpha value is 0.0300. The van der Waals surface area contributed by atoms with Gasteiger partial charge in [-0.3, -0.25) is 0 Å². The lowest BCUT2D eigenvalue weighted by molar-refractivity contribution is 0.702. The van der Waals surface area contributed by atoms with Crippen molar-refractivity contribution in [3.8, 4) is 0 Å². The van der Waals surface area contributed by atoms with Crippen LogP contribution in [0.25, 0.3) is 0 Å². The van der Waals surface area contributed by atoms with Crippen molar-refractivity contribution in [1.82, 2.24) is 0 Å². The van der Waals surface area contributed by atoms with E-state index < -0.39 is 0 Å². The van der Waals surface area contributed by atoms with E-state index >= 15 is 0 Å². The van der Waals surface area contributed by atoms with Crippen LogP contribution in [-0.2, 0) is 0 Å². The molecule has 52 valence electrons. The van der Waals surface area contributed by atoms with Crippen molar-refractivity contribution >= 4 is 11.6 Å². The third kappa shape index (κ3) is 2.40. The van der Waals surface area contributed by atoms with Crippen LogP contribution in [0.15, 0.2) is 11.1 Å². The summed E-state index contributed by atoms with van der Waals surface area (Å²) in [6.07, 6.45) is 7.96. The number of rotatable bonds is 0. The van der Waals surface area contributed by atoms with Crippen LogP contribution in [0.3, 0.4) is 0 Å². The molecule has 0 radical (unpaired) electrons. The van der Waals surface area contributed by atoms with E-state index in [4.69, 9.17) is 11.6 Å². The highest BCUT2D eigenvalue weighted by molar-refractivity contribution is 6.25. The van der Waals surface area contributed by atoms with Gasteiger partial charge in [-0.1, -0.05) is 30.0 Å². The minimum atomic E-state index is 1.24. The Morgan fingerprint density at radius 1 is 1.00 bits per heavy atom. The van der Waals surface area contributed by atoms with Crippen LogP contribution >= 0.6 is 11.6 Å². The molecule has 9 heavy (non-hydrogen) atoms. The zero-order valence-corrected chi connectivity index (χ0v) is 6.45. The van der Waals surface area contributed by atoms with Gasteiger partial charge in [0.05, 0.1) is 0 Å². The summed E-state index contributed by atoms with van der Waals surface area (Å²) in [6.45, 7) is 0. The van der Waals surface area contributed by atoms with E-state index in [0.29, 0.717) is 0 Å². The molecule has 0 saturated heterocycles. The summed E-state index contributed by atoms with van der Waals surface area (Å²) in [5.74, 6) is 0. The monoisotopic (exact) mass is 144 g/mol. The van der Waals surface area contributed by atoms with E-state index in [1.54, 1.807) is 5.54 Å². The summed E-state index contributed by atoms with van der Waals surface area (Å²) >= 11 is 5.59. The van der Waals surface area contributed by atoms with Gasteiger partial charge in [0.25, 0.3) is 0 Å². The Morgan fingerprint density at radius 3 is 2.00 bits per heavy atom. The molecule has 0 heterocycles. The average Bonchev–Trinajstić information content (AvgIpc) is 2.13. The summed E-state index contributed by atoms with van der Waals surface area (Å²) in [4.78, 5) is 0. The van der Waals surface area contributed by atoms with Gasteiger partial charge in [-0.2, -0.15) is 0 Å². The highest BCUT2D eigenvalue weighted by atomic mass is 35.5. The summed E-state index contributed by atoms with van der Waals surface area (Å²) in [5.41, 5.74) is 3.22. The number of hydrogen-bond donors (Lipinski definition) is 0. The number of hydrogen-bond acceptors (Lipinski definition) is 0. The highest BCUT2D eigenvalue weighted by Gasteiger charge is 2.02. The van der Waals surface area contributed by atoms with Crippen molar-refractivity contribution in [3.63, 3.8) is 0 Å². The lowest BCUT2D eigenvalue weighted by Crippen LogP contribution is -1.76. The van der Waals surface area contributed by atoms with Crippen molar-refractivity contribution in [1.29, 1.82) is 0 Å². The molecule has 0 aromatic rings. The van der Waals surface area contributed by atoms with Crippen LogP contribution in [0, 0.1) is 0 Å². The number of halogens is 1. The molecular weight excluding hydrogens is 132 g/mol.